The van der Waals surface area contributed by atoms with Crippen molar-refractivity contribution in [2.45, 2.75) is 23.0 Å². The Kier molecular flexibility index (Phi) is 3.83. The second kappa shape index (κ2) is 5.66. The van der Waals surface area contributed by atoms with Gasteiger partial charge in [0.25, 0.3) is 0 Å². The Hall–Kier alpha value is -1.22. The van der Waals surface area contributed by atoms with Gasteiger partial charge in [0.1, 0.15) is 12.3 Å². The first-order chi connectivity index (χ1) is 11.4. The van der Waals surface area contributed by atoms with Crippen molar-refractivity contribution in [2.75, 3.05) is 11.9 Å². The molecule has 0 unspecified atom stereocenters. The molecule has 4 rings (SSSR count). The number of hydrogen-bond acceptors (Lipinski definition) is 5. The standard InChI is InChI=1S/C15H15Br2N3O4/c1-5-2-8(19-24-5)18-9(21)4-20-14(22)10-6-3-7(11(10)15(20)23)13(17)12(6)16/h2,6-7,10-13H,3-4H2,1H3,(H,18,19,21)/t6-,7-,10-,11+,12-,13+/m0/s1. The maximum absolute atomic E-state index is 12.7. The van der Waals surface area contributed by atoms with Crippen molar-refractivity contribution < 1.29 is 18.9 Å². The van der Waals surface area contributed by atoms with Crippen molar-refractivity contribution in [3.63, 3.8) is 0 Å². The number of nitrogens with one attached hydrogen (secondary N) is 1. The van der Waals surface area contributed by atoms with E-state index in [2.05, 4.69) is 42.3 Å². The molecule has 0 aromatic carbocycles. The number of halogens is 2. The van der Waals surface area contributed by atoms with Crippen molar-refractivity contribution in [2.24, 2.45) is 23.7 Å². The lowest BCUT2D eigenvalue weighted by molar-refractivity contribution is -0.143. The van der Waals surface area contributed by atoms with Crippen molar-refractivity contribution in [1.29, 1.82) is 0 Å². The van der Waals surface area contributed by atoms with Crippen LogP contribution in [-0.2, 0) is 14.4 Å². The Morgan fingerprint density at radius 3 is 2.38 bits per heavy atom. The number of carbonyl (C=O) groups excluding carboxylic acids is 3. The fourth-order valence-corrected chi connectivity index (χ4v) is 6.19. The summed E-state index contributed by atoms with van der Waals surface area (Å²) >= 11 is 7.27. The Labute approximate surface area is 154 Å². The minimum Gasteiger partial charge on any atom is -0.360 e. The maximum Gasteiger partial charge on any atom is 0.245 e. The highest BCUT2D eigenvalue weighted by molar-refractivity contribution is 9.12. The second-order valence-electron chi connectivity index (χ2n) is 6.64. The summed E-state index contributed by atoms with van der Waals surface area (Å²) < 4.78 is 4.88. The van der Waals surface area contributed by atoms with Crippen LogP contribution in [0.15, 0.2) is 10.6 Å². The van der Waals surface area contributed by atoms with E-state index in [0.29, 0.717) is 5.76 Å². The van der Waals surface area contributed by atoms with Crippen molar-refractivity contribution >= 4 is 55.4 Å². The molecule has 1 N–H and O–H groups in total. The van der Waals surface area contributed by atoms with Gasteiger partial charge in [-0.3, -0.25) is 19.3 Å². The molecule has 1 aromatic heterocycles. The molecule has 2 heterocycles. The molecule has 1 saturated heterocycles. The van der Waals surface area contributed by atoms with E-state index in [0.717, 1.165) is 11.3 Å². The summed E-state index contributed by atoms with van der Waals surface area (Å²) in [5, 5.41) is 6.22. The summed E-state index contributed by atoms with van der Waals surface area (Å²) in [4.78, 5) is 39.0. The lowest BCUT2D eigenvalue weighted by Gasteiger charge is -2.28. The zero-order valence-corrected chi connectivity index (χ0v) is 15.9. The van der Waals surface area contributed by atoms with Crippen LogP contribution in [0.5, 0.6) is 0 Å². The van der Waals surface area contributed by atoms with Crippen molar-refractivity contribution in [3.05, 3.63) is 11.8 Å². The van der Waals surface area contributed by atoms with Crippen LogP contribution in [-0.4, -0.2) is 44.0 Å². The highest BCUT2D eigenvalue weighted by atomic mass is 79.9. The van der Waals surface area contributed by atoms with E-state index in [1.54, 1.807) is 13.0 Å². The number of alkyl halides is 2. The van der Waals surface area contributed by atoms with Crippen molar-refractivity contribution in [3.8, 4) is 0 Å². The summed E-state index contributed by atoms with van der Waals surface area (Å²) in [5.74, 6) is -0.386. The molecular formula is C15H15Br2N3O4. The highest BCUT2D eigenvalue weighted by Crippen LogP contribution is 2.60. The lowest BCUT2D eigenvalue weighted by Crippen LogP contribution is -2.39. The predicted octanol–water partition coefficient (Wildman–Crippen LogP) is 1.70. The third kappa shape index (κ3) is 2.28. The van der Waals surface area contributed by atoms with E-state index in [-0.39, 0.29) is 57.5 Å². The van der Waals surface area contributed by atoms with E-state index in [9.17, 15) is 14.4 Å². The molecule has 3 fully saturated rings. The van der Waals surface area contributed by atoms with E-state index in [1.807, 2.05) is 0 Å². The zero-order chi connectivity index (χ0) is 17.2. The summed E-state index contributed by atoms with van der Waals surface area (Å²) in [7, 11) is 0. The largest absolute Gasteiger partial charge is 0.360 e. The number of aryl methyl sites for hydroxylation is 1. The third-order valence-electron chi connectivity index (χ3n) is 5.28. The molecule has 6 atom stereocenters. The molecule has 24 heavy (non-hydrogen) atoms. The number of hydrogen-bond donors (Lipinski definition) is 1. The molecule has 3 amide bonds. The first kappa shape index (κ1) is 16.3. The second-order valence-corrected chi connectivity index (χ2v) is 8.75. The molecule has 9 heteroatoms. The maximum atomic E-state index is 12.7. The van der Waals surface area contributed by atoms with Gasteiger partial charge in [-0.2, -0.15) is 0 Å². The zero-order valence-electron chi connectivity index (χ0n) is 12.7. The topological polar surface area (TPSA) is 92.5 Å². The number of imide groups is 1. The van der Waals surface area contributed by atoms with Gasteiger partial charge in [-0.1, -0.05) is 37.0 Å². The fraction of sp³-hybridized carbons (Fsp3) is 0.600. The minimum absolute atomic E-state index is 0.145. The average molecular weight is 461 g/mol. The molecule has 7 nitrogen and oxygen atoms in total. The van der Waals surface area contributed by atoms with Crippen LogP contribution in [0.3, 0.4) is 0 Å². The first-order valence-electron chi connectivity index (χ1n) is 7.75. The molecule has 2 bridgehead atoms. The molecule has 128 valence electrons. The van der Waals surface area contributed by atoms with E-state index in [1.165, 1.54) is 0 Å². The van der Waals surface area contributed by atoms with Crippen molar-refractivity contribution in [1.82, 2.24) is 10.1 Å². The molecule has 0 radical (unpaired) electrons. The number of fused-ring (bicyclic) bond motifs is 5. The summed E-state index contributed by atoms with van der Waals surface area (Å²) in [6.45, 7) is 1.43. The Balaban J connectivity index is 1.48. The fourth-order valence-electron chi connectivity index (χ4n) is 4.32. The van der Waals surface area contributed by atoms with Crippen LogP contribution in [0, 0.1) is 30.6 Å². The Morgan fingerprint density at radius 2 is 1.88 bits per heavy atom. The molecule has 1 aromatic rings. The van der Waals surface area contributed by atoms with Gasteiger partial charge in [0.2, 0.25) is 17.7 Å². The molecule has 3 aliphatic rings. The van der Waals surface area contributed by atoms with Crippen LogP contribution in [0.4, 0.5) is 5.82 Å². The molecular weight excluding hydrogens is 446 g/mol. The molecule has 0 spiro atoms. The molecule has 1 aliphatic heterocycles. The van der Waals surface area contributed by atoms with E-state index < -0.39 is 5.91 Å². The van der Waals surface area contributed by atoms with Gasteiger partial charge in [0.15, 0.2) is 5.82 Å². The summed E-state index contributed by atoms with van der Waals surface area (Å²) in [6.07, 6.45) is 0.872. The third-order valence-corrected chi connectivity index (χ3v) is 8.48. The van der Waals surface area contributed by atoms with Gasteiger partial charge in [-0.05, 0) is 25.2 Å². The van der Waals surface area contributed by atoms with Gasteiger partial charge in [-0.25, -0.2) is 0 Å². The summed E-state index contributed by atoms with van der Waals surface area (Å²) in [5.41, 5.74) is 0. The van der Waals surface area contributed by atoms with Gasteiger partial charge >= 0.3 is 0 Å². The lowest BCUT2D eigenvalue weighted by atomic mass is 9.81. The van der Waals surface area contributed by atoms with Crippen LogP contribution < -0.4 is 5.32 Å². The molecule has 2 saturated carbocycles. The number of rotatable bonds is 3. The smallest absolute Gasteiger partial charge is 0.245 e. The summed E-state index contributed by atoms with van der Waals surface area (Å²) in [6, 6.07) is 1.57. The number of nitrogens with zero attached hydrogens (tertiary/aromatic N) is 2. The number of carbonyl (C=O) groups is 3. The monoisotopic (exact) mass is 459 g/mol. The van der Waals surface area contributed by atoms with E-state index in [4.69, 9.17) is 4.52 Å². The van der Waals surface area contributed by atoms with Crippen LogP contribution in [0.25, 0.3) is 0 Å². The Morgan fingerprint density at radius 1 is 1.29 bits per heavy atom. The van der Waals surface area contributed by atoms with Gasteiger partial charge in [0, 0.05) is 15.7 Å². The normalized spacial score (nSPS) is 37.2. The Bertz CT molecular complexity index is 704. The minimum atomic E-state index is -0.455. The van der Waals surface area contributed by atoms with Crippen LogP contribution >= 0.6 is 31.9 Å². The van der Waals surface area contributed by atoms with E-state index >= 15 is 0 Å². The van der Waals surface area contributed by atoms with Crippen LogP contribution in [0.2, 0.25) is 0 Å². The first-order valence-corrected chi connectivity index (χ1v) is 9.58. The number of anilines is 1. The molecule has 2 aliphatic carbocycles. The number of amides is 3. The van der Waals surface area contributed by atoms with Gasteiger partial charge in [0.05, 0.1) is 11.8 Å². The van der Waals surface area contributed by atoms with Gasteiger partial charge in [-0.15, -0.1) is 0 Å². The number of aromatic nitrogens is 1. The quantitative estimate of drug-likeness (QED) is 0.547. The predicted molar refractivity (Wildman–Crippen MR) is 90.6 cm³/mol. The number of likely N-dealkylation sites (tertiary alicyclic amines) is 1. The average Bonchev–Trinajstić information content (AvgIpc) is 3.23. The van der Waals surface area contributed by atoms with Gasteiger partial charge < -0.3 is 9.84 Å². The van der Waals surface area contributed by atoms with Crippen LogP contribution in [0.1, 0.15) is 12.2 Å². The SMILES string of the molecule is Cc1cc(NC(=O)CN2C(=O)[C@@H]3[C@@H]4C[C@H]([C@H](Br)[C@@H]4Br)[C@@H]3C2=O)no1. The highest BCUT2D eigenvalue weighted by Gasteiger charge is 2.66.